The van der Waals surface area contributed by atoms with Gasteiger partial charge < -0.3 is 5.32 Å². The van der Waals surface area contributed by atoms with E-state index in [0.717, 1.165) is 25.1 Å². The Kier molecular flexibility index (Phi) is 8.06. The van der Waals surface area contributed by atoms with Gasteiger partial charge in [0, 0.05) is 24.8 Å². The molecule has 0 spiro atoms. The molecule has 5 heteroatoms. The van der Waals surface area contributed by atoms with Crippen LogP contribution in [0.2, 0.25) is 0 Å². The van der Waals surface area contributed by atoms with Crippen LogP contribution in [0.25, 0.3) is 0 Å². The standard InChI is InChI=1S/C19H29FN2OS/c1-15(14-24-2)22-11-9-16(10-12-22)5-8-19(23)21-13-17-3-6-18(20)7-4-17/h3-4,6-7,15-16H,5,8-14H2,1-2H3,(H,21,23). The normalized spacial score (nSPS) is 17.6. The van der Waals surface area contributed by atoms with Crippen LogP contribution < -0.4 is 5.32 Å². The Morgan fingerprint density at radius 3 is 2.62 bits per heavy atom. The highest BCUT2D eigenvalue weighted by molar-refractivity contribution is 7.98. The van der Waals surface area contributed by atoms with Crippen molar-refractivity contribution in [2.75, 3.05) is 25.1 Å². The number of carbonyl (C=O) groups is 1. The van der Waals surface area contributed by atoms with Gasteiger partial charge in [0.2, 0.25) is 5.91 Å². The van der Waals surface area contributed by atoms with E-state index in [0.29, 0.717) is 24.9 Å². The maximum Gasteiger partial charge on any atom is 0.220 e. The van der Waals surface area contributed by atoms with Crippen LogP contribution in [-0.2, 0) is 11.3 Å². The highest BCUT2D eigenvalue weighted by Crippen LogP contribution is 2.23. The molecule has 2 rings (SSSR count). The van der Waals surface area contributed by atoms with Crippen LogP contribution in [0.15, 0.2) is 24.3 Å². The smallest absolute Gasteiger partial charge is 0.220 e. The summed E-state index contributed by atoms with van der Waals surface area (Å²) in [6, 6.07) is 6.92. The lowest BCUT2D eigenvalue weighted by molar-refractivity contribution is -0.121. The fourth-order valence-electron chi connectivity index (χ4n) is 3.26. The molecule has 24 heavy (non-hydrogen) atoms. The van der Waals surface area contributed by atoms with E-state index in [2.05, 4.69) is 23.4 Å². The van der Waals surface area contributed by atoms with E-state index in [1.165, 1.54) is 30.7 Å². The van der Waals surface area contributed by atoms with E-state index in [9.17, 15) is 9.18 Å². The van der Waals surface area contributed by atoms with Gasteiger partial charge >= 0.3 is 0 Å². The number of hydrogen-bond acceptors (Lipinski definition) is 3. The number of thioether (sulfide) groups is 1. The van der Waals surface area contributed by atoms with E-state index in [-0.39, 0.29) is 11.7 Å². The molecule has 1 fully saturated rings. The van der Waals surface area contributed by atoms with E-state index in [1.807, 2.05) is 11.8 Å². The second-order valence-electron chi connectivity index (χ2n) is 6.73. The molecule has 0 saturated carbocycles. The van der Waals surface area contributed by atoms with E-state index < -0.39 is 0 Å². The Morgan fingerprint density at radius 1 is 1.33 bits per heavy atom. The van der Waals surface area contributed by atoms with Crippen LogP contribution in [-0.4, -0.2) is 41.9 Å². The van der Waals surface area contributed by atoms with Crippen LogP contribution in [0, 0.1) is 11.7 Å². The number of benzene rings is 1. The van der Waals surface area contributed by atoms with Gasteiger partial charge in [-0.3, -0.25) is 9.69 Å². The fourth-order valence-corrected chi connectivity index (χ4v) is 3.95. The Bertz CT molecular complexity index is 501. The van der Waals surface area contributed by atoms with Crippen molar-refractivity contribution in [3.63, 3.8) is 0 Å². The molecule has 1 N–H and O–H groups in total. The molecule has 134 valence electrons. The molecule has 1 aromatic rings. The van der Waals surface area contributed by atoms with Crippen molar-refractivity contribution in [1.82, 2.24) is 10.2 Å². The number of amides is 1. The third kappa shape index (κ3) is 6.44. The van der Waals surface area contributed by atoms with Crippen molar-refractivity contribution in [2.24, 2.45) is 5.92 Å². The molecule has 1 aliphatic heterocycles. The van der Waals surface area contributed by atoms with Crippen LogP contribution in [0.3, 0.4) is 0 Å². The summed E-state index contributed by atoms with van der Waals surface area (Å²) < 4.78 is 12.8. The second-order valence-corrected chi connectivity index (χ2v) is 7.64. The number of halogens is 1. The Labute approximate surface area is 149 Å². The predicted molar refractivity (Wildman–Crippen MR) is 99.6 cm³/mol. The van der Waals surface area contributed by atoms with Gasteiger partial charge in [0.05, 0.1) is 0 Å². The van der Waals surface area contributed by atoms with Crippen molar-refractivity contribution >= 4 is 17.7 Å². The van der Waals surface area contributed by atoms with Crippen molar-refractivity contribution in [2.45, 2.75) is 45.2 Å². The summed E-state index contributed by atoms with van der Waals surface area (Å²) in [4.78, 5) is 14.6. The second kappa shape index (κ2) is 10.0. The average Bonchev–Trinajstić information content (AvgIpc) is 2.60. The summed E-state index contributed by atoms with van der Waals surface area (Å²) in [5, 5.41) is 2.93. The predicted octanol–water partition coefficient (Wildman–Crippen LogP) is 3.69. The summed E-state index contributed by atoms with van der Waals surface area (Å²) in [5.41, 5.74) is 0.931. The van der Waals surface area contributed by atoms with Gasteiger partial charge in [-0.1, -0.05) is 12.1 Å². The van der Waals surface area contributed by atoms with Crippen LogP contribution in [0.1, 0.15) is 38.2 Å². The lowest BCUT2D eigenvalue weighted by atomic mass is 9.91. The number of rotatable bonds is 8. The van der Waals surface area contributed by atoms with Gasteiger partial charge in [-0.25, -0.2) is 4.39 Å². The maximum atomic E-state index is 12.8. The zero-order chi connectivity index (χ0) is 17.4. The number of hydrogen-bond donors (Lipinski definition) is 1. The van der Waals surface area contributed by atoms with E-state index in [1.54, 1.807) is 12.1 Å². The fraction of sp³-hybridized carbons (Fsp3) is 0.632. The number of piperidine rings is 1. The van der Waals surface area contributed by atoms with Crippen LogP contribution >= 0.6 is 11.8 Å². The lowest BCUT2D eigenvalue weighted by Gasteiger charge is -2.35. The number of nitrogens with one attached hydrogen (secondary N) is 1. The monoisotopic (exact) mass is 352 g/mol. The van der Waals surface area contributed by atoms with Crippen molar-refractivity contribution in [3.8, 4) is 0 Å². The minimum Gasteiger partial charge on any atom is -0.352 e. The van der Waals surface area contributed by atoms with Crippen molar-refractivity contribution < 1.29 is 9.18 Å². The first-order chi connectivity index (χ1) is 11.6. The largest absolute Gasteiger partial charge is 0.352 e. The SMILES string of the molecule is CSCC(C)N1CCC(CCC(=O)NCc2ccc(F)cc2)CC1. The van der Waals surface area contributed by atoms with Gasteiger partial charge in [-0.15, -0.1) is 0 Å². The topological polar surface area (TPSA) is 32.3 Å². The molecule has 1 unspecified atom stereocenters. The number of likely N-dealkylation sites (tertiary alicyclic amines) is 1. The first-order valence-electron chi connectivity index (χ1n) is 8.82. The first-order valence-corrected chi connectivity index (χ1v) is 10.2. The van der Waals surface area contributed by atoms with Gasteiger partial charge in [0.1, 0.15) is 5.82 Å². The molecule has 1 amide bonds. The summed E-state index contributed by atoms with van der Waals surface area (Å²) in [5.74, 6) is 1.70. The molecule has 1 aliphatic rings. The first kappa shape index (κ1) is 19.3. The highest BCUT2D eigenvalue weighted by atomic mass is 32.2. The van der Waals surface area contributed by atoms with E-state index >= 15 is 0 Å². The highest BCUT2D eigenvalue weighted by Gasteiger charge is 2.22. The molecular weight excluding hydrogens is 323 g/mol. The third-order valence-corrected chi connectivity index (χ3v) is 5.68. The molecule has 0 aliphatic carbocycles. The molecule has 0 aromatic heterocycles. The van der Waals surface area contributed by atoms with Crippen molar-refractivity contribution in [1.29, 1.82) is 0 Å². The number of carbonyl (C=O) groups excluding carboxylic acids is 1. The van der Waals surface area contributed by atoms with Crippen LogP contribution in [0.5, 0.6) is 0 Å². The quantitative estimate of drug-likeness (QED) is 0.774. The maximum absolute atomic E-state index is 12.8. The molecule has 0 bridgehead atoms. The summed E-state index contributed by atoms with van der Waals surface area (Å²) in [7, 11) is 0. The van der Waals surface area contributed by atoms with Gasteiger partial charge in [0.15, 0.2) is 0 Å². The molecule has 1 atom stereocenters. The van der Waals surface area contributed by atoms with Crippen LogP contribution in [0.4, 0.5) is 4.39 Å². The van der Waals surface area contributed by atoms with Gasteiger partial charge in [-0.05, 0) is 69.1 Å². The summed E-state index contributed by atoms with van der Waals surface area (Å²) in [6.45, 7) is 5.09. The Morgan fingerprint density at radius 2 is 2.00 bits per heavy atom. The van der Waals surface area contributed by atoms with Gasteiger partial charge in [0.25, 0.3) is 0 Å². The molecule has 1 heterocycles. The van der Waals surface area contributed by atoms with E-state index in [4.69, 9.17) is 0 Å². The molecule has 3 nitrogen and oxygen atoms in total. The third-order valence-electron chi connectivity index (χ3n) is 4.86. The minimum atomic E-state index is -0.247. The molecular formula is C19H29FN2OS. The Hall–Kier alpha value is -1.07. The van der Waals surface area contributed by atoms with Crippen molar-refractivity contribution in [3.05, 3.63) is 35.6 Å². The van der Waals surface area contributed by atoms with Gasteiger partial charge in [-0.2, -0.15) is 11.8 Å². The summed E-state index contributed by atoms with van der Waals surface area (Å²) >= 11 is 1.91. The number of nitrogens with zero attached hydrogens (tertiary/aromatic N) is 1. The summed E-state index contributed by atoms with van der Waals surface area (Å²) in [6.07, 6.45) is 6.12. The lowest BCUT2D eigenvalue weighted by Crippen LogP contribution is -2.41. The minimum absolute atomic E-state index is 0.0949. The molecule has 1 aromatic carbocycles. The molecule has 1 saturated heterocycles. The Balaban J connectivity index is 1.61. The zero-order valence-electron chi connectivity index (χ0n) is 14.8. The average molecular weight is 353 g/mol. The molecule has 0 radical (unpaired) electrons. The zero-order valence-corrected chi connectivity index (χ0v) is 15.6.